The highest BCUT2D eigenvalue weighted by atomic mass is 79.9. The van der Waals surface area contributed by atoms with Gasteiger partial charge in [0, 0.05) is 26.0 Å². The quantitative estimate of drug-likeness (QED) is 0.741. The van der Waals surface area contributed by atoms with Gasteiger partial charge >= 0.3 is 0 Å². The lowest BCUT2D eigenvalue weighted by Gasteiger charge is -2.15. The monoisotopic (exact) mass is 418 g/mol. The normalized spacial score (nSPS) is 12.2. The molecule has 2 nitrogen and oxygen atoms in total. The molecule has 0 saturated carbocycles. The number of ether oxygens (including phenoxy) is 1. The first kappa shape index (κ1) is 15.8. The van der Waals surface area contributed by atoms with Crippen LogP contribution in [0.15, 0.2) is 45.3 Å². The first-order valence-electron chi connectivity index (χ1n) is 5.96. The van der Waals surface area contributed by atoms with Gasteiger partial charge in [0.25, 0.3) is 0 Å². The standard InChI is InChI=1S/C15H13Br2ClO2/c1-20-11-3-4-13(17)9(6-11)7-15(19)12-8-10(16)2-5-14(12)18/h2-6,8,15,19H,7H2,1H3. The van der Waals surface area contributed by atoms with Crippen LogP contribution in [0.1, 0.15) is 17.2 Å². The molecule has 20 heavy (non-hydrogen) atoms. The molecule has 1 unspecified atom stereocenters. The van der Waals surface area contributed by atoms with Crippen molar-refractivity contribution in [2.75, 3.05) is 7.11 Å². The van der Waals surface area contributed by atoms with Gasteiger partial charge in [0.2, 0.25) is 0 Å². The summed E-state index contributed by atoms with van der Waals surface area (Å²) in [6, 6.07) is 11.1. The van der Waals surface area contributed by atoms with Crippen molar-refractivity contribution in [2.45, 2.75) is 12.5 Å². The molecule has 0 heterocycles. The molecule has 1 atom stereocenters. The Morgan fingerprint density at radius 3 is 2.65 bits per heavy atom. The van der Waals surface area contributed by atoms with Crippen molar-refractivity contribution in [3.05, 3.63) is 61.5 Å². The summed E-state index contributed by atoms with van der Waals surface area (Å²) in [5.74, 6) is 0.760. The van der Waals surface area contributed by atoms with E-state index in [0.29, 0.717) is 17.0 Å². The topological polar surface area (TPSA) is 29.5 Å². The van der Waals surface area contributed by atoms with Gasteiger partial charge in [0.05, 0.1) is 13.2 Å². The number of aliphatic hydroxyl groups is 1. The SMILES string of the molecule is COc1ccc(Br)c(CC(O)c2cc(Br)ccc2Cl)c1. The minimum absolute atomic E-state index is 0.452. The Kier molecular flexibility index (Phi) is 5.49. The zero-order chi connectivity index (χ0) is 14.7. The fourth-order valence-electron chi connectivity index (χ4n) is 1.92. The third-order valence-corrected chi connectivity index (χ3v) is 4.59. The molecule has 0 saturated heterocycles. The van der Waals surface area contributed by atoms with Crippen molar-refractivity contribution in [2.24, 2.45) is 0 Å². The van der Waals surface area contributed by atoms with Crippen LogP contribution in [-0.2, 0) is 6.42 Å². The van der Waals surface area contributed by atoms with Gasteiger partial charge < -0.3 is 9.84 Å². The number of benzene rings is 2. The second-order valence-corrected chi connectivity index (χ2v) is 6.52. The van der Waals surface area contributed by atoms with E-state index >= 15 is 0 Å². The Morgan fingerprint density at radius 2 is 1.95 bits per heavy atom. The van der Waals surface area contributed by atoms with E-state index in [0.717, 1.165) is 20.3 Å². The summed E-state index contributed by atoms with van der Waals surface area (Å²) in [6.07, 6.45) is -0.225. The lowest BCUT2D eigenvalue weighted by molar-refractivity contribution is 0.178. The van der Waals surface area contributed by atoms with E-state index in [1.54, 1.807) is 13.2 Å². The minimum Gasteiger partial charge on any atom is -0.497 e. The van der Waals surface area contributed by atoms with E-state index in [1.807, 2.05) is 30.3 Å². The molecular weight excluding hydrogens is 407 g/mol. The maximum atomic E-state index is 10.4. The molecule has 2 rings (SSSR count). The molecule has 0 aliphatic heterocycles. The number of aliphatic hydroxyl groups excluding tert-OH is 1. The summed E-state index contributed by atoms with van der Waals surface area (Å²) in [5, 5.41) is 11.0. The van der Waals surface area contributed by atoms with Crippen LogP contribution in [0.2, 0.25) is 5.02 Å². The van der Waals surface area contributed by atoms with E-state index in [9.17, 15) is 5.11 Å². The molecule has 106 valence electrons. The first-order valence-corrected chi connectivity index (χ1v) is 7.93. The van der Waals surface area contributed by atoms with Gasteiger partial charge in [0.15, 0.2) is 0 Å². The second kappa shape index (κ2) is 6.94. The van der Waals surface area contributed by atoms with Crippen molar-refractivity contribution in [3.63, 3.8) is 0 Å². The van der Waals surface area contributed by atoms with Gasteiger partial charge in [0.1, 0.15) is 5.75 Å². The summed E-state index contributed by atoms with van der Waals surface area (Å²) >= 11 is 13.0. The molecule has 0 aliphatic carbocycles. The minimum atomic E-state index is -0.677. The second-order valence-electron chi connectivity index (χ2n) is 4.34. The number of hydrogen-bond donors (Lipinski definition) is 1. The Hall–Kier alpha value is -0.550. The van der Waals surface area contributed by atoms with Crippen LogP contribution in [-0.4, -0.2) is 12.2 Å². The van der Waals surface area contributed by atoms with Crippen molar-refractivity contribution in [1.29, 1.82) is 0 Å². The van der Waals surface area contributed by atoms with Gasteiger partial charge in [-0.2, -0.15) is 0 Å². The maximum Gasteiger partial charge on any atom is 0.119 e. The summed E-state index contributed by atoms with van der Waals surface area (Å²) in [5.41, 5.74) is 1.67. The predicted octanol–water partition coefficient (Wildman–Crippen LogP) is 5.15. The van der Waals surface area contributed by atoms with Crippen molar-refractivity contribution in [1.82, 2.24) is 0 Å². The molecule has 0 spiro atoms. The summed E-state index contributed by atoms with van der Waals surface area (Å²) < 4.78 is 7.03. The zero-order valence-corrected chi connectivity index (χ0v) is 14.7. The van der Waals surface area contributed by atoms with Crippen LogP contribution in [0.25, 0.3) is 0 Å². The van der Waals surface area contributed by atoms with Gasteiger partial charge in [-0.3, -0.25) is 0 Å². The first-order chi connectivity index (χ1) is 9.51. The summed E-state index contributed by atoms with van der Waals surface area (Å²) in [6.45, 7) is 0. The number of halogens is 3. The van der Waals surface area contributed by atoms with Crippen LogP contribution in [0, 0.1) is 0 Å². The van der Waals surface area contributed by atoms with E-state index in [1.165, 1.54) is 0 Å². The van der Waals surface area contributed by atoms with Gasteiger partial charge in [-0.15, -0.1) is 0 Å². The highest BCUT2D eigenvalue weighted by molar-refractivity contribution is 9.10. The lowest BCUT2D eigenvalue weighted by Crippen LogP contribution is -2.03. The fraction of sp³-hybridized carbons (Fsp3) is 0.200. The Labute approximate surface area is 140 Å². The molecule has 2 aromatic rings. The molecule has 0 aliphatic rings. The van der Waals surface area contributed by atoms with Gasteiger partial charge in [-0.1, -0.05) is 43.5 Å². The average molecular weight is 421 g/mol. The Bertz CT molecular complexity index is 617. The Morgan fingerprint density at radius 1 is 1.20 bits per heavy atom. The molecular formula is C15H13Br2ClO2. The van der Waals surface area contributed by atoms with Crippen LogP contribution in [0.5, 0.6) is 5.75 Å². The molecule has 0 bridgehead atoms. The third kappa shape index (κ3) is 3.76. The number of methoxy groups -OCH3 is 1. The largest absolute Gasteiger partial charge is 0.497 e. The highest BCUT2D eigenvalue weighted by Gasteiger charge is 2.15. The van der Waals surface area contributed by atoms with Gasteiger partial charge in [-0.25, -0.2) is 0 Å². The molecule has 5 heteroatoms. The molecule has 1 N–H and O–H groups in total. The van der Waals surface area contributed by atoms with E-state index in [4.69, 9.17) is 16.3 Å². The summed E-state index contributed by atoms with van der Waals surface area (Å²) in [4.78, 5) is 0. The molecule has 2 aromatic carbocycles. The predicted molar refractivity (Wildman–Crippen MR) is 88.5 cm³/mol. The van der Waals surface area contributed by atoms with Gasteiger partial charge in [-0.05, 0) is 42.0 Å². The number of hydrogen-bond acceptors (Lipinski definition) is 2. The summed E-state index contributed by atoms with van der Waals surface area (Å²) in [7, 11) is 1.62. The number of rotatable bonds is 4. The van der Waals surface area contributed by atoms with Crippen LogP contribution in [0.4, 0.5) is 0 Å². The van der Waals surface area contributed by atoms with E-state index < -0.39 is 6.10 Å². The maximum absolute atomic E-state index is 10.4. The van der Waals surface area contributed by atoms with Crippen molar-refractivity contribution >= 4 is 43.5 Å². The third-order valence-electron chi connectivity index (χ3n) is 2.98. The molecule has 0 aromatic heterocycles. The van der Waals surface area contributed by atoms with Crippen molar-refractivity contribution in [3.8, 4) is 5.75 Å². The van der Waals surface area contributed by atoms with Crippen LogP contribution in [0.3, 0.4) is 0 Å². The average Bonchev–Trinajstić information content (AvgIpc) is 2.43. The van der Waals surface area contributed by atoms with Crippen LogP contribution >= 0.6 is 43.5 Å². The highest BCUT2D eigenvalue weighted by Crippen LogP contribution is 2.31. The van der Waals surface area contributed by atoms with Crippen LogP contribution < -0.4 is 4.74 Å². The van der Waals surface area contributed by atoms with E-state index in [2.05, 4.69) is 31.9 Å². The molecule has 0 fully saturated rings. The van der Waals surface area contributed by atoms with Crippen molar-refractivity contribution < 1.29 is 9.84 Å². The fourth-order valence-corrected chi connectivity index (χ4v) is 2.95. The smallest absolute Gasteiger partial charge is 0.119 e. The molecule has 0 amide bonds. The molecule has 0 radical (unpaired) electrons. The zero-order valence-electron chi connectivity index (χ0n) is 10.7. The van der Waals surface area contributed by atoms with E-state index in [-0.39, 0.29) is 0 Å². The lowest BCUT2D eigenvalue weighted by atomic mass is 10.0. The Balaban J connectivity index is 2.27.